The molecule has 1 N–H and O–H groups in total. The average molecular weight is 450 g/mol. The lowest BCUT2D eigenvalue weighted by Crippen LogP contribution is -2.33. The van der Waals surface area contributed by atoms with Crippen molar-refractivity contribution < 1.29 is 30.7 Å². The number of imidazole rings is 1. The van der Waals surface area contributed by atoms with Gasteiger partial charge in [-0.3, -0.25) is 0 Å². The third-order valence-electron chi connectivity index (χ3n) is 4.75. The number of halogens is 4. The molecular weight excluding hydrogens is 428 g/mol. The molecule has 1 fully saturated rings. The fourth-order valence-electron chi connectivity index (χ4n) is 3.30. The molecule has 1 aromatic heterocycles. The lowest BCUT2D eigenvalue weighted by Gasteiger charge is -2.19. The largest absolute Gasteiger partial charge is 0.401 e. The van der Waals surface area contributed by atoms with Crippen LogP contribution in [0, 0.1) is 5.82 Å². The Morgan fingerprint density at radius 1 is 1.23 bits per heavy atom. The number of alkyl halides is 3. The highest BCUT2D eigenvalue weighted by atomic mass is 32.2. The van der Waals surface area contributed by atoms with E-state index < -0.39 is 40.6 Å². The highest BCUT2D eigenvalue weighted by Gasteiger charge is 2.41. The van der Waals surface area contributed by atoms with Crippen LogP contribution in [-0.4, -0.2) is 67.3 Å². The Labute approximate surface area is 171 Å². The molecule has 0 radical (unpaired) electrons. The number of aromatic nitrogens is 2. The van der Waals surface area contributed by atoms with Gasteiger partial charge in [-0.05, 0) is 17.7 Å². The van der Waals surface area contributed by atoms with Crippen molar-refractivity contribution in [3.05, 3.63) is 48.2 Å². The quantitative estimate of drug-likeness (QED) is 0.491. The smallest absolute Gasteiger partial charge is 0.375 e. The molecule has 1 aromatic carbocycles. The lowest BCUT2D eigenvalue weighted by atomic mass is 9.96. The highest BCUT2D eigenvalue weighted by molar-refractivity contribution is 7.89. The van der Waals surface area contributed by atoms with E-state index in [1.807, 2.05) is 0 Å². The number of nitrogens with one attached hydrogen (secondary N) is 1. The molecule has 166 valence electrons. The van der Waals surface area contributed by atoms with Crippen LogP contribution in [0.5, 0.6) is 0 Å². The van der Waals surface area contributed by atoms with Gasteiger partial charge in [0.15, 0.2) is 5.03 Å². The van der Waals surface area contributed by atoms with Crippen molar-refractivity contribution in [1.29, 1.82) is 0 Å². The Kier molecular flexibility index (Phi) is 6.80. The monoisotopic (exact) mass is 450 g/mol. The molecule has 1 aliphatic rings. The molecule has 3 rings (SSSR count). The van der Waals surface area contributed by atoms with Crippen LogP contribution in [0.3, 0.4) is 0 Å². The Bertz CT molecular complexity index is 947. The zero-order valence-electron chi connectivity index (χ0n) is 16.1. The van der Waals surface area contributed by atoms with Crippen molar-refractivity contribution in [2.75, 3.05) is 32.8 Å². The van der Waals surface area contributed by atoms with E-state index in [2.05, 4.69) is 10.3 Å². The highest BCUT2D eigenvalue weighted by Crippen LogP contribution is 2.33. The molecule has 0 aliphatic carbocycles. The summed E-state index contributed by atoms with van der Waals surface area (Å²) >= 11 is 0. The first-order chi connectivity index (χ1) is 14.1. The first-order valence-corrected chi connectivity index (χ1v) is 10.6. The van der Waals surface area contributed by atoms with Gasteiger partial charge in [0.05, 0.1) is 25.6 Å². The van der Waals surface area contributed by atoms with Gasteiger partial charge in [0.25, 0.3) is 10.0 Å². The maximum absolute atomic E-state index is 13.3. The summed E-state index contributed by atoms with van der Waals surface area (Å²) in [6.07, 6.45) is -2.16. The number of aryl methyl sites for hydroxylation is 1. The van der Waals surface area contributed by atoms with Crippen LogP contribution in [0.25, 0.3) is 0 Å². The Morgan fingerprint density at radius 2 is 1.93 bits per heavy atom. The van der Waals surface area contributed by atoms with Gasteiger partial charge in [0.2, 0.25) is 0 Å². The molecule has 30 heavy (non-hydrogen) atoms. The minimum absolute atomic E-state index is 0.0141. The van der Waals surface area contributed by atoms with E-state index in [1.165, 1.54) is 33.5 Å². The zero-order chi connectivity index (χ0) is 21.9. The van der Waals surface area contributed by atoms with Crippen molar-refractivity contribution in [1.82, 2.24) is 19.2 Å². The summed E-state index contributed by atoms with van der Waals surface area (Å²) in [6, 6.07) is 5.64. The van der Waals surface area contributed by atoms with Crippen LogP contribution < -0.4 is 5.32 Å². The fraction of sp³-hybridized carbons (Fsp3) is 0.500. The van der Waals surface area contributed by atoms with E-state index in [-0.39, 0.29) is 31.3 Å². The number of sulfonamides is 1. The molecule has 0 saturated carbocycles. The van der Waals surface area contributed by atoms with Crippen LogP contribution in [0.2, 0.25) is 0 Å². The molecule has 0 spiro atoms. The van der Waals surface area contributed by atoms with Crippen LogP contribution >= 0.6 is 0 Å². The van der Waals surface area contributed by atoms with Crippen molar-refractivity contribution in [2.45, 2.75) is 23.2 Å². The molecule has 0 amide bonds. The fourth-order valence-corrected chi connectivity index (χ4v) is 4.75. The van der Waals surface area contributed by atoms with E-state index in [0.29, 0.717) is 5.56 Å². The Hall–Kier alpha value is -2.02. The second kappa shape index (κ2) is 9.00. The summed E-state index contributed by atoms with van der Waals surface area (Å²) < 4.78 is 84.3. The molecule has 2 atom stereocenters. The van der Waals surface area contributed by atoms with Crippen LogP contribution in [0.15, 0.2) is 41.8 Å². The van der Waals surface area contributed by atoms with E-state index in [9.17, 15) is 26.0 Å². The predicted octanol–water partition coefficient (Wildman–Crippen LogP) is 1.88. The first kappa shape index (κ1) is 22.7. The second-order valence-corrected chi connectivity index (χ2v) is 8.94. The predicted molar refractivity (Wildman–Crippen MR) is 99.8 cm³/mol. The van der Waals surface area contributed by atoms with Crippen LogP contribution in [-0.2, 0) is 21.8 Å². The molecule has 7 nitrogen and oxygen atoms in total. The van der Waals surface area contributed by atoms with E-state index in [0.717, 1.165) is 0 Å². The number of hydrogen-bond acceptors (Lipinski definition) is 5. The van der Waals surface area contributed by atoms with Gasteiger partial charge in [-0.2, -0.15) is 17.5 Å². The summed E-state index contributed by atoms with van der Waals surface area (Å²) in [5.74, 6) is -0.824. The maximum atomic E-state index is 13.3. The molecule has 1 aliphatic heterocycles. The summed E-state index contributed by atoms with van der Waals surface area (Å²) in [4.78, 5) is 3.90. The van der Waals surface area contributed by atoms with Gasteiger partial charge < -0.3 is 14.6 Å². The van der Waals surface area contributed by atoms with E-state index in [1.54, 1.807) is 19.2 Å². The van der Waals surface area contributed by atoms with Gasteiger partial charge in [-0.15, -0.1) is 0 Å². The summed E-state index contributed by atoms with van der Waals surface area (Å²) in [6.45, 7) is -1.11. The molecule has 2 heterocycles. The minimum atomic E-state index is -4.32. The van der Waals surface area contributed by atoms with Crippen molar-refractivity contribution in [3.8, 4) is 0 Å². The zero-order valence-corrected chi connectivity index (χ0v) is 17.0. The molecule has 1 saturated heterocycles. The maximum Gasteiger partial charge on any atom is 0.401 e. The van der Waals surface area contributed by atoms with Gasteiger partial charge >= 0.3 is 6.18 Å². The number of benzene rings is 1. The van der Waals surface area contributed by atoms with Gasteiger partial charge in [0, 0.05) is 38.8 Å². The van der Waals surface area contributed by atoms with Crippen LogP contribution in [0.1, 0.15) is 11.5 Å². The van der Waals surface area contributed by atoms with Gasteiger partial charge in [0.1, 0.15) is 5.82 Å². The lowest BCUT2D eigenvalue weighted by molar-refractivity contribution is -0.125. The topological polar surface area (TPSA) is 76.5 Å². The van der Waals surface area contributed by atoms with E-state index >= 15 is 0 Å². The van der Waals surface area contributed by atoms with E-state index in [4.69, 9.17) is 4.74 Å². The van der Waals surface area contributed by atoms with Gasteiger partial charge in [-0.1, -0.05) is 12.1 Å². The average Bonchev–Trinajstić information content (AvgIpc) is 3.28. The Morgan fingerprint density at radius 3 is 2.53 bits per heavy atom. The third kappa shape index (κ3) is 5.56. The number of rotatable bonds is 8. The van der Waals surface area contributed by atoms with Crippen molar-refractivity contribution in [3.63, 3.8) is 0 Å². The molecule has 0 bridgehead atoms. The molecule has 2 unspecified atom stereocenters. The Balaban J connectivity index is 1.72. The number of nitrogens with zero attached hydrogens (tertiary/aromatic N) is 3. The summed E-state index contributed by atoms with van der Waals surface area (Å²) in [5.41, 5.74) is 0.684. The SMILES string of the molecule is Cn1cnc(S(=O)(=O)N2CC(OCCNCC(F)(F)F)C(c3ccc(F)cc3)C2)c1. The number of hydrogen-bond donors (Lipinski definition) is 1. The molecule has 2 aromatic rings. The molecule has 12 heteroatoms. The first-order valence-electron chi connectivity index (χ1n) is 9.19. The van der Waals surface area contributed by atoms with Crippen LogP contribution in [0.4, 0.5) is 17.6 Å². The minimum Gasteiger partial charge on any atom is -0.375 e. The van der Waals surface area contributed by atoms with Crippen molar-refractivity contribution >= 4 is 10.0 Å². The van der Waals surface area contributed by atoms with Crippen molar-refractivity contribution in [2.24, 2.45) is 7.05 Å². The number of ether oxygens (including phenoxy) is 1. The van der Waals surface area contributed by atoms with Gasteiger partial charge in [-0.25, -0.2) is 17.8 Å². The standard InChI is InChI=1S/C18H22F4N4O3S/c1-25-10-17(24-12-25)30(27,28)26-8-15(13-2-4-14(19)5-3-13)16(9-26)29-7-6-23-11-18(20,21)22/h2-5,10,12,15-16,23H,6-9,11H2,1H3. The third-order valence-corrected chi connectivity index (χ3v) is 6.47. The second-order valence-electron chi connectivity index (χ2n) is 7.06. The summed E-state index contributed by atoms with van der Waals surface area (Å²) in [7, 11) is -2.22. The summed E-state index contributed by atoms with van der Waals surface area (Å²) in [5, 5.41) is 2.14. The molecular formula is C18H22F4N4O3S. The normalized spacial score (nSPS) is 20.7.